The zero-order valence-electron chi connectivity index (χ0n) is 8.98. The Kier molecular flexibility index (Phi) is 4.39. The standard InChI is InChI=1S/C11H18N2O2/c1-9-2-3-10(8-11(9)12)13(4-6-14)5-7-15/h2-3,8,14-15H,4-7,12H2,1H3. The maximum atomic E-state index is 8.89. The number of aryl methyl sites for hydroxylation is 1. The molecule has 4 nitrogen and oxygen atoms in total. The third kappa shape index (κ3) is 3.11. The molecule has 0 spiro atoms. The Balaban J connectivity index is 2.85. The summed E-state index contributed by atoms with van der Waals surface area (Å²) in [6, 6.07) is 5.74. The van der Waals surface area contributed by atoms with Crippen LogP contribution in [0.15, 0.2) is 18.2 Å². The number of aliphatic hydroxyl groups is 2. The fraction of sp³-hybridized carbons (Fsp3) is 0.455. The van der Waals surface area contributed by atoms with E-state index in [1.165, 1.54) is 0 Å². The summed E-state index contributed by atoms with van der Waals surface area (Å²) in [4.78, 5) is 1.90. The first-order chi connectivity index (χ1) is 7.19. The van der Waals surface area contributed by atoms with E-state index in [4.69, 9.17) is 15.9 Å². The quantitative estimate of drug-likeness (QED) is 0.614. The van der Waals surface area contributed by atoms with Gasteiger partial charge in [-0.1, -0.05) is 6.07 Å². The van der Waals surface area contributed by atoms with E-state index < -0.39 is 0 Å². The average Bonchev–Trinajstić information content (AvgIpc) is 2.22. The van der Waals surface area contributed by atoms with Gasteiger partial charge in [0.25, 0.3) is 0 Å². The fourth-order valence-corrected chi connectivity index (χ4v) is 1.44. The van der Waals surface area contributed by atoms with Crippen molar-refractivity contribution in [2.75, 3.05) is 36.9 Å². The number of rotatable bonds is 5. The highest BCUT2D eigenvalue weighted by atomic mass is 16.3. The van der Waals surface area contributed by atoms with Crippen LogP contribution in [0.4, 0.5) is 11.4 Å². The van der Waals surface area contributed by atoms with Gasteiger partial charge in [0.05, 0.1) is 13.2 Å². The topological polar surface area (TPSA) is 69.7 Å². The molecular weight excluding hydrogens is 192 g/mol. The van der Waals surface area contributed by atoms with E-state index in [2.05, 4.69) is 0 Å². The monoisotopic (exact) mass is 210 g/mol. The normalized spacial score (nSPS) is 10.3. The van der Waals surface area contributed by atoms with Crippen molar-refractivity contribution in [1.82, 2.24) is 0 Å². The summed E-state index contributed by atoms with van der Waals surface area (Å²) in [7, 11) is 0. The number of aliphatic hydroxyl groups excluding tert-OH is 2. The number of anilines is 2. The molecule has 0 saturated heterocycles. The van der Waals surface area contributed by atoms with E-state index in [-0.39, 0.29) is 13.2 Å². The molecule has 0 aliphatic rings. The molecule has 15 heavy (non-hydrogen) atoms. The molecule has 0 amide bonds. The summed E-state index contributed by atoms with van der Waals surface area (Å²) in [6.07, 6.45) is 0. The van der Waals surface area contributed by atoms with Gasteiger partial charge in [-0.05, 0) is 24.6 Å². The highest BCUT2D eigenvalue weighted by Gasteiger charge is 2.06. The molecule has 0 aromatic heterocycles. The van der Waals surface area contributed by atoms with Crippen LogP contribution in [0, 0.1) is 6.92 Å². The summed E-state index contributed by atoms with van der Waals surface area (Å²) in [5.41, 5.74) is 8.49. The van der Waals surface area contributed by atoms with Gasteiger partial charge in [-0.3, -0.25) is 0 Å². The molecule has 1 aromatic rings. The molecule has 4 N–H and O–H groups in total. The van der Waals surface area contributed by atoms with Gasteiger partial charge < -0.3 is 20.8 Å². The van der Waals surface area contributed by atoms with Crippen molar-refractivity contribution in [3.8, 4) is 0 Å². The zero-order chi connectivity index (χ0) is 11.3. The number of benzene rings is 1. The minimum atomic E-state index is 0.0633. The molecule has 0 saturated carbocycles. The highest BCUT2D eigenvalue weighted by molar-refractivity contribution is 5.59. The van der Waals surface area contributed by atoms with Crippen LogP contribution < -0.4 is 10.6 Å². The summed E-state index contributed by atoms with van der Waals surface area (Å²) in [5.74, 6) is 0. The van der Waals surface area contributed by atoms with E-state index in [1.54, 1.807) is 0 Å². The maximum absolute atomic E-state index is 8.89. The third-order valence-corrected chi connectivity index (χ3v) is 2.37. The number of nitrogens with zero attached hydrogens (tertiary/aromatic N) is 1. The number of nitrogen functional groups attached to an aromatic ring is 1. The molecule has 0 bridgehead atoms. The first-order valence-electron chi connectivity index (χ1n) is 5.02. The van der Waals surface area contributed by atoms with Crippen LogP contribution in [0.5, 0.6) is 0 Å². The van der Waals surface area contributed by atoms with E-state index in [9.17, 15) is 0 Å². The Labute approximate surface area is 89.9 Å². The smallest absolute Gasteiger partial charge is 0.0606 e. The lowest BCUT2D eigenvalue weighted by molar-refractivity contribution is 0.281. The van der Waals surface area contributed by atoms with Crippen LogP contribution in [0.2, 0.25) is 0 Å². The summed E-state index contributed by atoms with van der Waals surface area (Å²) < 4.78 is 0. The second-order valence-corrected chi connectivity index (χ2v) is 3.48. The summed E-state index contributed by atoms with van der Waals surface area (Å²) in [5, 5.41) is 17.8. The van der Waals surface area contributed by atoms with Crippen molar-refractivity contribution < 1.29 is 10.2 Å². The van der Waals surface area contributed by atoms with Crippen molar-refractivity contribution in [2.45, 2.75) is 6.92 Å². The Bertz CT molecular complexity index is 309. The maximum Gasteiger partial charge on any atom is 0.0606 e. The van der Waals surface area contributed by atoms with Gasteiger partial charge in [0, 0.05) is 24.5 Å². The van der Waals surface area contributed by atoms with Crippen LogP contribution in [0.1, 0.15) is 5.56 Å². The number of hydrogen-bond donors (Lipinski definition) is 3. The van der Waals surface area contributed by atoms with Gasteiger partial charge in [-0.25, -0.2) is 0 Å². The zero-order valence-corrected chi connectivity index (χ0v) is 8.98. The van der Waals surface area contributed by atoms with Gasteiger partial charge in [-0.15, -0.1) is 0 Å². The SMILES string of the molecule is Cc1ccc(N(CCO)CCO)cc1N. The van der Waals surface area contributed by atoms with E-state index in [0.29, 0.717) is 13.1 Å². The predicted octanol–water partition coefficient (Wildman–Crippen LogP) is 0.368. The van der Waals surface area contributed by atoms with Gasteiger partial charge >= 0.3 is 0 Å². The van der Waals surface area contributed by atoms with Gasteiger partial charge in [0.1, 0.15) is 0 Å². The molecule has 0 unspecified atom stereocenters. The first kappa shape index (κ1) is 11.8. The van der Waals surface area contributed by atoms with Gasteiger partial charge in [-0.2, -0.15) is 0 Å². The Morgan fingerprint density at radius 1 is 1.20 bits per heavy atom. The number of hydrogen-bond acceptors (Lipinski definition) is 4. The van der Waals surface area contributed by atoms with Crippen LogP contribution in [0.25, 0.3) is 0 Å². The largest absolute Gasteiger partial charge is 0.398 e. The van der Waals surface area contributed by atoms with Crippen molar-refractivity contribution in [3.63, 3.8) is 0 Å². The second kappa shape index (κ2) is 5.58. The fourth-order valence-electron chi connectivity index (χ4n) is 1.44. The molecule has 0 heterocycles. The van der Waals surface area contributed by atoms with Crippen molar-refractivity contribution in [1.29, 1.82) is 0 Å². The Morgan fingerprint density at radius 2 is 1.80 bits per heavy atom. The van der Waals surface area contributed by atoms with E-state index in [0.717, 1.165) is 16.9 Å². The first-order valence-corrected chi connectivity index (χ1v) is 5.02. The Hall–Kier alpha value is -1.26. The summed E-state index contributed by atoms with van der Waals surface area (Å²) in [6.45, 7) is 3.08. The molecule has 84 valence electrons. The summed E-state index contributed by atoms with van der Waals surface area (Å²) >= 11 is 0. The van der Waals surface area contributed by atoms with Gasteiger partial charge in [0.2, 0.25) is 0 Å². The minimum absolute atomic E-state index is 0.0633. The van der Waals surface area contributed by atoms with Crippen molar-refractivity contribution in [3.05, 3.63) is 23.8 Å². The molecule has 0 aliphatic heterocycles. The molecular formula is C11H18N2O2. The number of nitrogens with two attached hydrogens (primary N) is 1. The van der Waals surface area contributed by atoms with Crippen LogP contribution in [-0.4, -0.2) is 36.5 Å². The van der Waals surface area contributed by atoms with Crippen molar-refractivity contribution in [2.24, 2.45) is 0 Å². The molecule has 0 atom stereocenters. The molecule has 0 aliphatic carbocycles. The minimum Gasteiger partial charge on any atom is -0.398 e. The van der Waals surface area contributed by atoms with Crippen LogP contribution in [-0.2, 0) is 0 Å². The third-order valence-electron chi connectivity index (χ3n) is 2.37. The molecule has 0 radical (unpaired) electrons. The van der Waals surface area contributed by atoms with Crippen LogP contribution in [0.3, 0.4) is 0 Å². The molecule has 1 aromatic carbocycles. The molecule has 4 heteroatoms. The van der Waals surface area contributed by atoms with Gasteiger partial charge in [0.15, 0.2) is 0 Å². The lowest BCUT2D eigenvalue weighted by atomic mass is 10.1. The van der Waals surface area contributed by atoms with E-state index in [1.807, 2.05) is 30.0 Å². The lowest BCUT2D eigenvalue weighted by Crippen LogP contribution is -2.29. The average molecular weight is 210 g/mol. The van der Waals surface area contributed by atoms with E-state index >= 15 is 0 Å². The lowest BCUT2D eigenvalue weighted by Gasteiger charge is -2.23. The van der Waals surface area contributed by atoms with Crippen LogP contribution >= 0.6 is 0 Å². The second-order valence-electron chi connectivity index (χ2n) is 3.48. The Morgan fingerprint density at radius 3 is 2.27 bits per heavy atom. The molecule has 1 rings (SSSR count). The van der Waals surface area contributed by atoms with Crippen molar-refractivity contribution >= 4 is 11.4 Å². The molecule has 0 fully saturated rings. The highest BCUT2D eigenvalue weighted by Crippen LogP contribution is 2.20. The predicted molar refractivity (Wildman–Crippen MR) is 62.0 cm³/mol.